The van der Waals surface area contributed by atoms with Gasteiger partial charge >= 0.3 is 0 Å². The highest BCUT2D eigenvalue weighted by molar-refractivity contribution is 5.46. The molecule has 2 aliphatic rings. The van der Waals surface area contributed by atoms with Gasteiger partial charge in [-0.2, -0.15) is 0 Å². The fourth-order valence-electron chi connectivity index (χ4n) is 1.05. The summed E-state index contributed by atoms with van der Waals surface area (Å²) in [6.07, 6.45) is 10.0. The lowest BCUT2D eigenvalue weighted by Crippen LogP contribution is -1.67. The molecule has 0 spiro atoms. The van der Waals surface area contributed by atoms with E-state index in [2.05, 4.69) is 18.6 Å². The Morgan fingerprint density at radius 1 is 1.14 bits per heavy atom. The average molecular weight is 90.1 g/mol. The molecular formula is C7H6. The molecule has 1 saturated carbocycles. The van der Waals surface area contributed by atoms with Crippen LogP contribution < -0.4 is 0 Å². The van der Waals surface area contributed by atoms with Crippen LogP contribution in [0.15, 0.2) is 23.3 Å². The van der Waals surface area contributed by atoms with Crippen LogP contribution in [0.3, 0.4) is 0 Å². The zero-order chi connectivity index (χ0) is 4.69. The summed E-state index contributed by atoms with van der Waals surface area (Å²) in [5.74, 6) is 0. The van der Waals surface area contributed by atoms with Crippen LogP contribution in [0.1, 0.15) is 12.8 Å². The van der Waals surface area contributed by atoms with Crippen molar-refractivity contribution in [3.8, 4) is 0 Å². The third-order valence-corrected chi connectivity index (χ3v) is 1.47. The van der Waals surface area contributed by atoms with Crippen molar-refractivity contribution < 1.29 is 0 Å². The molecule has 0 heteroatoms. The lowest BCUT2D eigenvalue weighted by molar-refractivity contribution is 1.04. The van der Waals surface area contributed by atoms with E-state index in [1.165, 1.54) is 24.0 Å². The molecule has 34 valence electrons. The highest BCUT2D eigenvalue weighted by Crippen LogP contribution is 2.33. The van der Waals surface area contributed by atoms with Crippen LogP contribution in [0.2, 0.25) is 0 Å². The highest BCUT2D eigenvalue weighted by atomic mass is 14.2. The predicted octanol–water partition coefficient (Wildman–Crippen LogP) is 1.73. The lowest BCUT2D eigenvalue weighted by Gasteiger charge is -1.87. The van der Waals surface area contributed by atoms with Crippen molar-refractivity contribution in [3.63, 3.8) is 0 Å². The van der Waals surface area contributed by atoms with Gasteiger partial charge in [0.25, 0.3) is 0 Å². The third kappa shape index (κ3) is 0.365. The van der Waals surface area contributed by atoms with Crippen molar-refractivity contribution in [1.29, 1.82) is 0 Å². The molecule has 7 heavy (non-hydrogen) atoms. The summed E-state index contributed by atoms with van der Waals surface area (Å²) >= 11 is 0. The minimum absolute atomic E-state index is 1.24. The second kappa shape index (κ2) is 1.00. The van der Waals surface area contributed by atoms with E-state index in [0.29, 0.717) is 0 Å². The molecule has 2 bridgehead atoms. The standard InChI is InChI=1S/C7H6/c1-2-7-4-3-6(1)5-7/h1-2H,3-4H2. The smallest absolute Gasteiger partial charge is 0.0413 e. The molecule has 0 aromatic rings. The monoisotopic (exact) mass is 90.0 g/mol. The van der Waals surface area contributed by atoms with Crippen molar-refractivity contribution in [1.82, 2.24) is 0 Å². The fourth-order valence-corrected chi connectivity index (χ4v) is 1.05. The van der Waals surface area contributed by atoms with E-state index < -0.39 is 0 Å². The highest BCUT2D eigenvalue weighted by Gasteiger charge is 2.15. The normalized spacial score (nSPS) is 25.1. The van der Waals surface area contributed by atoms with Gasteiger partial charge < -0.3 is 0 Å². The lowest BCUT2D eigenvalue weighted by atomic mass is 10.2. The van der Waals surface area contributed by atoms with E-state index in [1.54, 1.807) is 0 Å². The van der Waals surface area contributed by atoms with Crippen molar-refractivity contribution in [3.05, 3.63) is 29.7 Å². The summed E-state index contributed by atoms with van der Waals surface area (Å²) in [5, 5.41) is 0. The Kier molecular flexibility index (Phi) is 0.498. The number of fused-ring (bicyclic) bond motifs is 2. The maximum Gasteiger partial charge on any atom is 0.0413 e. The molecule has 0 heterocycles. The summed E-state index contributed by atoms with van der Waals surface area (Å²) in [6, 6.07) is 0. The number of rotatable bonds is 0. The van der Waals surface area contributed by atoms with Crippen molar-refractivity contribution in [2.24, 2.45) is 0 Å². The molecular weight excluding hydrogens is 84.1 g/mol. The summed E-state index contributed by atoms with van der Waals surface area (Å²) < 4.78 is 0. The zero-order valence-corrected chi connectivity index (χ0v) is 4.07. The minimum Gasteiger partial charge on any atom is -0.0621 e. The molecule has 0 amide bonds. The topological polar surface area (TPSA) is 0 Å². The van der Waals surface area contributed by atoms with Gasteiger partial charge in [0, 0.05) is 6.42 Å². The van der Waals surface area contributed by atoms with Gasteiger partial charge in [-0.1, -0.05) is 23.3 Å². The van der Waals surface area contributed by atoms with E-state index in [1.807, 2.05) is 0 Å². The van der Waals surface area contributed by atoms with Crippen LogP contribution in [0.5, 0.6) is 0 Å². The van der Waals surface area contributed by atoms with Gasteiger partial charge in [-0.05, 0) is 12.8 Å². The second-order valence-corrected chi connectivity index (χ2v) is 2.01. The molecule has 0 nitrogen and oxygen atoms in total. The molecule has 0 N–H and O–H groups in total. The molecule has 0 atom stereocenters. The molecule has 0 unspecified atom stereocenters. The SMILES string of the molecule is [C]1C2=CC=C1CC2. The molecule has 2 aliphatic carbocycles. The van der Waals surface area contributed by atoms with E-state index >= 15 is 0 Å². The van der Waals surface area contributed by atoms with Gasteiger partial charge in [0.05, 0.1) is 0 Å². The molecule has 0 aromatic heterocycles. The van der Waals surface area contributed by atoms with Crippen LogP contribution in [-0.4, -0.2) is 0 Å². The van der Waals surface area contributed by atoms with Crippen molar-refractivity contribution in [2.75, 3.05) is 0 Å². The van der Waals surface area contributed by atoms with Gasteiger partial charge in [-0.15, -0.1) is 0 Å². The molecule has 0 aliphatic heterocycles. The Morgan fingerprint density at radius 2 is 1.71 bits per heavy atom. The van der Waals surface area contributed by atoms with Gasteiger partial charge in [0.15, 0.2) is 0 Å². The Labute approximate surface area is 43.5 Å². The summed E-state index contributed by atoms with van der Waals surface area (Å²) in [7, 11) is 0. The molecule has 1 fully saturated rings. The first-order chi connectivity index (χ1) is 3.45. The maximum absolute atomic E-state index is 3.25. The fraction of sp³-hybridized carbons (Fsp3) is 0.286. The molecule has 2 radical (unpaired) electrons. The molecule has 0 aromatic carbocycles. The Morgan fingerprint density at radius 3 is 1.86 bits per heavy atom. The van der Waals surface area contributed by atoms with Crippen LogP contribution in [-0.2, 0) is 0 Å². The van der Waals surface area contributed by atoms with E-state index in [0.717, 1.165) is 0 Å². The first-order valence-corrected chi connectivity index (χ1v) is 2.62. The Hall–Kier alpha value is -0.520. The Bertz CT molecular complexity index is 131. The maximum atomic E-state index is 3.25. The number of hydrogen-bond acceptors (Lipinski definition) is 0. The second-order valence-electron chi connectivity index (χ2n) is 2.01. The Balaban J connectivity index is 2.45. The van der Waals surface area contributed by atoms with Crippen LogP contribution in [0, 0.1) is 6.42 Å². The third-order valence-electron chi connectivity index (χ3n) is 1.47. The first-order valence-electron chi connectivity index (χ1n) is 2.62. The predicted molar refractivity (Wildman–Crippen MR) is 28.6 cm³/mol. The van der Waals surface area contributed by atoms with Crippen molar-refractivity contribution in [2.45, 2.75) is 12.8 Å². The first kappa shape index (κ1) is 3.48. The van der Waals surface area contributed by atoms with Crippen LogP contribution >= 0.6 is 0 Å². The molecule has 0 saturated heterocycles. The summed E-state index contributed by atoms with van der Waals surface area (Å²) in [4.78, 5) is 0. The van der Waals surface area contributed by atoms with Crippen LogP contribution in [0.25, 0.3) is 0 Å². The summed E-state index contributed by atoms with van der Waals surface area (Å²) in [6.45, 7) is 0. The quantitative estimate of drug-likeness (QED) is 0.425. The van der Waals surface area contributed by atoms with E-state index in [4.69, 9.17) is 0 Å². The number of hydrogen-bond donors (Lipinski definition) is 0. The van der Waals surface area contributed by atoms with E-state index in [9.17, 15) is 0 Å². The summed E-state index contributed by atoms with van der Waals surface area (Å²) in [5.41, 5.74) is 2.80. The largest absolute Gasteiger partial charge is 0.0621 e. The van der Waals surface area contributed by atoms with Gasteiger partial charge in [0.1, 0.15) is 0 Å². The van der Waals surface area contributed by atoms with Gasteiger partial charge in [-0.25, -0.2) is 0 Å². The number of allylic oxidation sites excluding steroid dienone is 4. The van der Waals surface area contributed by atoms with Gasteiger partial charge in [0.2, 0.25) is 0 Å². The van der Waals surface area contributed by atoms with Crippen LogP contribution in [0.4, 0.5) is 0 Å². The van der Waals surface area contributed by atoms with Gasteiger partial charge in [-0.3, -0.25) is 0 Å². The average Bonchev–Trinajstić information content (AvgIpc) is 2.22. The van der Waals surface area contributed by atoms with E-state index in [-0.39, 0.29) is 0 Å². The zero-order valence-electron chi connectivity index (χ0n) is 4.07. The minimum atomic E-state index is 1.24. The van der Waals surface area contributed by atoms with Crippen molar-refractivity contribution >= 4 is 0 Å². The molecule has 2 rings (SSSR count).